The number of carbonyl (C=O) groups excluding carboxylic acids is 2. The van der Waals surface area contributed by atoms with Crippen molar-refractivity contribution >= 4 is 18.0 Å². The fourth-order valence-electron chi connectivity index (χ4n) is 4.01. The number of amides is 1. The zero-order valence-electron chi connectivity index (χ0n) is 21.0. The Morgan fingerprint density at radius 3 is 2.36 bits per heavy atom. The molecule has 0 aromatic heterocycles. The highest BCUT2D eigenvalue weighted by Gasteiger charge is 2.25. The van der Waals surface area contributed by atoms with Crippen LogP contribution in [0.5, 0.6) is 5.75 Å². The van der Waals surface area contributed by atoms with Crippen LogP contribution < -0.4 is 10.1 Å². The minimum Gasteiger partial charge on any atom is -0.493 e. The molecule has 0 aliphatic heterocycles. The fourth-order valence-corrected chi connectivity index (χ4v) is 4.01. The molecule has 0 bridgehead atoms. The van der Waals surface area contributed by atoms with E-state index in [1.54, 1.807) is 6.08 Å². The molecule has 1 fully saturated rings. The predicted molar refractivity (Wildman–Crippen MR) is 134 cm³/mol. The summed E-state index contributed by atoms with van der Waals surface area (Å²) in [6.07, 6.45) is 12.1. The van der Waals surface area contributed by atoms with Crippen LogP contribution in [0.15, 0.2) is 30.3 Å². The zero-order valence-corrected chi connectivity index (χ0v) is 21.0. The average Bonchev–Trinajstić information content (AvgIpc) is 2.84. The maximum absolute atomic E-state index is 12.2. The Morgan fingerprint density at radius 2 is 1.76 bits per heavy atom. The molecule has 0 saturated heterocycles. The molecule has 5 heteroatoms. The molecule has 1 aliphatic carbocycles. The summed E-state index contributed by atoms with van der Waals surface area (Å²) in [6, 6.07) is 8.00. The van der Waals surface area contributed by atoms with Crippen LogP contribution in [-0.4, -0.2) is 30.6 Å². The topological polar surface area (TPSA) is 64.6 Å². The van der Waals surface area contributed by atoms with Crippen LogP contribution in [0, 0.1) is 11.8 Å². The molecule has 0 radical (unpaired) electrons. The van der Waals surface area contributed by atoms with Crippen LogP contribution in [0.1, 0.15) is 91.0 Å². The highest BCUT2D eigenvalue weighted by atomic mass is 16.5. The van der Waals surface area contributed by atoms with Crippen LogP contribution in [0.3, 0.4) is 0 Å². The summed E-state index contributed by atoms with van der Waals surface area (Å²) in [5.41, 5.74) is 0.939. The largest absolute Gasteiger partial charge is 0.493 e. The van der Waals surface area contributed by atoms with Crippen LogP contribution in [-0.2, 0) is 14.3 Å². The molecule has 5 nitrogen and oxygen atoms in total. The molecule has 33 heavy (non-hydrogen) atoms. The number of rotatable bonds is 13. The lowest BCUT2D eigenvalue weighted by molar-refractivity contribution is -0.144. The maximum Gasteiger partial charge on any atom is 0.331 e. The van der Waals surface area contributed by atoms with E-state index in [4.69, 9.17) is 9.47 Å². The second-order valence-electron chi connectivity index (χ2n) is 9.36. The Balaban J connectivity index is 1.71. The van der Waals surface area contributed by atoms with Gasteiger partial charge in [0, 0.05) is 18.0 Å². The summed E-state index contributed by atoms with van der Waals surface area (Å²) < 4.78 is 11.6. The fraction of sp³-hybridized carbons (Fsp3) is 0.643. The second-order valence-corrected chi connectivity index (χ2v) is 9.36. The summed E-state index contributed by atoms with van der Waals surface area (Å²) in [5, 5.41) is 3.12. The van der Waals surface area contributed by atoms with Crippen LogP contribution in [0.4, 0.5) is 0 Å². The van der Waals surface area contributed by atoms with Crippen molar-refractivity contribution in [3.8, 4) is 5.75 Å². The highest BCUT2D eigenvalue weighted by Crippen LogP contribution is 2.22. The lowest BCUT2D eigenvalue weighted by atomic mass is 9.92. The molecular weight excluding hydrogens is 414 g/mol. The van der Waals surface area contributed by atoms with E-state index in [0.29, 0.717) is 5.92 Å². The van der Waals surface area contributed by atoms with Gasteiger partial charge in [-0.05, 0) is 68.2 Å². The SMILES string of the molecule is CCCCC(CC)COc1ccc(/C=C/C(=O)OC2CCC(NC(=O)C(C)CC)CC2)cc1. The molecule has 1 aromatic carbocycles. The lowest BCUT2D eigenvalue weighted by Gasteiger charge is -2.29. The average molecular weight is 458 g/mol. The molecule has 0 heterocycles. The van der Waals surface area contributed by atoms with Crippen molar-refractivity contribution in [2.75, 3.05) is 6.61 Å². The van der Waals surface area contributed by atoms with Crippen molar-refractivity contribution in [2.45, 2.75) is 97.6 Å². The number of nitrogens with one attached hydrogen (secondary N) is 1. The first-order chi connectivity index (χ1) is 15.9. The van der Waals surface area contributed by atoms with Gasteiger partial charge in [-0.25, -0.2) is 4.79 Å². The van der Waals surface area contributed by atoms with E-state index in [1.165, 1.54) is 25.3 Å². The highest BCUT2D eigenvalue weighted by molar-refractivity contribution is 5.87. The van der Waals surface area contributed by atoms with Crippen molar-refractivity contribution in [3.63, 3.8) is 0 Å². The van der Waals surface area contributed by atoms with Gasteiger partial charge in [-0.2, -0.15) is 0 Å². The number of esters is 1. The lowest BCUT2D eigenvalue weighted by Crippen LogP contribution is -2.41. The zero-order chi connectivity index (χ0) is 24.1. The van der Waals surface area contributed by atoms with Crippen LogP contribution >= 0.6 is 0 Å². The molecule has 0 spiro atoms. The molecule has 1 saturated carbocycles. The van der Waals surface area contributed by atoms with E-state index in [2.05, 4.69) is 19.2 Å². The summed E-state index contributed by atoms with van der Waals surface area (Å²) in [6.45, 7) is 9.16. The quantitative estimate of drug-likeness (QED) is 0.278. The van der Waals surface area contributed by atoms with E-state index in [-0.39, 0.29) is 29.9 Å². The molecule has 184 valence electrons. The van der Waals surface area contributed by atoms with Gasteiger partial charge >= 0.3 is 5.97 Å². The van der Waals surface area contributed by atoms with Gasteiger partial charge in [0.15, 0.2) is 0 Å². The smallest absolute Gasteiger partial charge is 0.331 e. The van der Waals surface area contributed by atoms with Gasteiger partial charge in [0.1, 0.15) is 11.9 Å². The van der Waals surface area contributed by atoms with Gasteiger partial charge in [0.05, 0.1) is 6.61 Å². The Morgan fingerprint density at radius 1 is 1.06 bits per heavy atom. The Bertz CT molecular complexity index is 735. The third kappa shape index (κ3) is 10.0. The summed E-state index contributed by atoms with van der Waals surface area (Å²) in [4.78, 5) is 24.3. The number of hydrogen-bond donors (Lipinski definition) is 1. The molecule has 1 amide bonds. The predicted octanol–water partition coefficient (Wildman–Crippen LogP) is 6.31. The van der Waals surface area contributed by atoms with Gasteiger partial charge < -0.3 is 14.8 Å². The molecule has 2 atom stereocenters. The van der Waals surface area contributed by atoms with Gasteiger partial charge in [-0.3, -0.25) is 4.79 Å². The normalized spacial score (nSPS) is 20.2. The number of ether oxygens (including phenoxy) is 2. The molecule has 2 unspecified atom stereocenters. The third-order valence-electron chi connectivity index (χ3n) is 6.68. The van der Waals surface area contributed by atoms with Gasteiger partial charge in [0.25, 0.3) is 0 Å². The Labute approximate surface area is 200 Å². The van der Waals surface area contributed by atoms with Gasteiger partial charge in [-0.15, -0.1) is 0 Å². The molecular formula is C28H43NO4. The molecule has 1 aromatic rings. The van der Waals surface area contributed by atoms with E-state index in [9.17, 15) is 9.59 Å². The first kappa shape index (κ1) is 26.9. The number of unbranched alkanes of at least 4 members (excludes halogenated alkanes) is 1. The van der Waals surface area contributed by atoms with Crippen molar-refractivity contribution in [1.29, 1.82) is 0 Å². The first-order valence-electron chi connectivity index (χ1n) is 12.9. The minimum absolute atomic E-state index is 0.0466. The Hall–Kier alpha value is -2.30. The van der Waals surface area contributed by atoms with E-state index in [1.807, 2.05) is 38.1 Å². The maximum atomic E-state index is 12.2. The van der Waals surface area contributed by atoms with E-state index >= 15 is 0 Å². The van der Waals surface area contributed by atoms with Crippen LogP contribution in [0.25, 0.3) is 6.08 Å². The monoisotopic (exact) mass is 457 g/mol. The number of carbonyl (C=O) groups is 2. The summed E-state index contributed by atoms with van der Waals surface area (Å²) >= 11 is 0. The van der Waals surface area contributed by atoms with Crippen molar-refractivity contribution in [1.82, 2.24) is 5.32 Å². The molecule has 1 N–H and O–H groups in total. The Kier molecular flexibility index (Phi) is 12.1. The molecule has 1 aliphatic rings. The van der Waals surface area contributed by atoms with Crippen LogP contribution in [0.2, 0.25) is 0 Å². The van der Waals surface area contributed by atoms with Crippen molar-refractivity contribution < 1.29 is 19.1 Å². The standard InChI is InChI=1S/C28H43NO4/c1-5-8-9-22(7-3)20-32-25-15-10-23(11-16-25)12-19-27(30)33-26-17-13-24(14-18-26)29-28(31)21(4)6-2/h10-12,15-16,19,21-22,24,26H,5-9,13-14,17-18,20H2,1-4H3,(H,29,31)/b19-12+. The molecule has 2 rings (SSSR count). The first-order valence-corrected chi connectivity index (χ1v) is 12.9. The van der Waals surface area contributed by atoms with Crippen molar-refractivity contribution in [2.24, 2.45) is 11.8 Å². The number of benzene rings is 1. The minimum atomic E-state index is -0.316. The summed E-state index contributed by atoms with van der Waals surface area (Å²) in [5.74, 6) is 1.32. The van der Waals surface area contributed by atoms with Crippen molar-refractivity contribution in [3.05, 3.63) is 35.9 Å². The van der Waals surface area contributed by atoms with E-state index < -0.39 is 0 Å². The summed E-state index contributed by atoms with van der Waals surface area (Å²) in [7, 11) is 0. The van der Waals surface area contributed by atoms with Gasteiger partial charge in [0.2, 0.25) is 5.91 Å². The van der Waals surface area contributed by atoms with E-state index in [0.717, 1.165) is 56.4 Å². The third-order valence-corrected chi connectivity index (χ3v) is 6.68. The van der Waals surface area contributed by atoms with Gasteiger partial charge in [-0.1, -0.05) is 59.1 Å². The second kappa shape index (κ2) is 14.8. The number of hydrogen-bond acceptors (Lipinski definition) is 4.